The van der Waals surface area contributed by atoms with Gasteiger partial charge in [-0.3, -0.25) is 9.69 Å². The van der Waals surface area contributed by atoms with Crippen molar-refractivity contribution in [1.82, 2.24) is 10.2 Å². The van der Waals surface area contributed by atoms with E-state index in [2.05, 4.69) is 5.32 Å². The molecule has 1 unspecified atom stereocenters. The summed E-state index contributed by atoms with van der Waals surface area (Å²) in [6.45, 7) is 3.30. The Morgan fingerprint density at radius 1 is 1.28 bits per heavy atom. The quantitative estimate of drug-likeness (QED) is 0.887. The predicted molar refractivity (Wildman–Crippen MR) is 91.5 cm³/mol. The molecule has 1 saturated heterocycles. The highest BCUT2D eigenvalue weighted by Gasteiger charge is 2.42. The summed E-state index contributed by atoms with van der Waals surface area (Å²) >= 11 is 0. The van der Waals surface area contributed by atoms with Crippen LogP contribution in [0.3, 0.4) is 0 Å². The lowest BCUT2D eigenvalue weighted by Crippen LogP contribution is -2.54. The highest BCUT2D eigenvalue weighted by Crippen LogP contribution is 2.33. The van der Waals surface area contributed by atoms with Gasteiger partial charge in [-0.15, -0.1) is 0 Å². The number of nitrogens with zero attached hydrogens (tertiary/aromatic N) is 1. The molecule has 1 aliphatic carbocycles. The molecule has 2 fully saturated rings. The standard InChI is InChI=1S/C19H25FN2O3/c20-19(18(23)21-11-14-2-3-14)6-1-7-22(13-19)12-15-4-5-16-17(10-15)25-9-8-24-16/h4-5,10,14H,1-3,6-9,11-13H2,(H,21,23). The Morgan fingerprint density at radius 2 is 2.08 bits per heavy atom. The summed E-state index contributed by atoms with van der Waals surface area (Å²) < 4.78 is 26.3. The van der Waals surface area contributed by atoms with Crippen molar-refractivity contribution in [1.29, 1.82) is 0 Å². The molecule has 2 heterocycles. The van der Waals surface area contributed by atoms with Gasteiger partial charge in [-0.2, -0.15) is 0 Å². The second kappa shape index (κ2) is 6.83. The summed E-state index contributed by atoms with van der Waals surface area (Å²) in [5.74, 6) is 1.62. The molecule has 0 radical (unpaired) electrons. The Labute approximate surface area is 147 Å². The average molecular weight is 348 g/mol. The number of piperidine rings is 1. The molecule has 1 saturated carbocycles. The van der Waals surface area contributed by atoms with Gasteiger partial charge in [0.1, 0.15) is 13.2 Å². The van der Waals surface area contributed by atoms with E-state index in [1.165, 1.54) is 0 Å². The van der Waals surface area contributed by atoms with E-state index in [1.54, 1.807) is 0 Å². The van der Waals surface area contributed by atoms with Crippen LogP contribution in [0.15, 0.2) is 18.2 Å². The zero-order valence-electron chi connectivity index (χ0n) is 14.4. The number of likely N-dealkylation sites (tertiary alicyclic amines) is 1. The molecule has 2 aliphatic heterocycles. The van der Waals surface area contributed by atoms with Gasteiger partial charge in [0.05, 0.1) is 0 Å². The lowest BCUT2D eigenvalue weighted by Gasteiger charge is -2.36. The third-order valence-corrected chi connectivity index (χ3v) is 5.19. The number of alkyl halides is 1. The fourth-order valence-electron chi connectivity index (χ4n) is 3.58. The summed E-state index contributed by atoms with van der Waals surface area (Å²) in [7, 11) is 0. The molecule has 0 aromatic heterocycles. The molecule has 4 rings (SSSR count). The van der Waals surface area contributed by atoms with E-state index < -0.39 is 11.6 Å². The number of hydrogen-bond donors (Lipinski definition) is 1. The predicted octanol–water partition coefficient (Wildman–Crippen LogP) is 2.29. The lowest BCUT2D eigenvalue weighted by atomic mass is 9.93. The van der Waals surface area contributed by atoms with Crippen LogP contribution in [-0.2, 0) is 11.3 Å². The fourth-order valence-corrected chi connectivity index (χ4v) is 3.58. The Balaban J connectivity index is 1.38. The van der Waals surface area contributed by atoms with Gasteiger partial charge in [-0.25, -0.2) is 4.39 Å². The number of halogens is 1. The van der Waals surface area contributed by atoms with E-state index in [4.69, 9.17) is 9.47 Å². The largest absolute Gasteiger partial charge is 0.486 e. The molecule has 6 heteroatoms. The van der Waals surface area contributed by atoms with Crippen LogP contribution in [0.1, 0.15) is 31.2 Å². The number of carbonyl (C=O) groups excluding carboxylic acids is 1. The highest BCUT2D eigenvalue weighted by molar-refractivity contribution is 5.85. The third kappa shape index (κ3) is 3.89. The molecule has 1 aromatic rings. The summed E-state index contributed by atoms with van der Waals surface area (Å²) in [6.07, 6.45) is 3.30. The van der Waals surface area contributed by atoms with Crippen LogP contribution in [-0.4, -0.2) is 49.3 Å². The van der Waals surface area contributed by atoms with Gasteiger partial charge < -0.3 is 14.8 Å². The first-order chi connectivity index (χ1) is 12.1. The first-order valence-corrected chi connectivity index (χ1v) is 9.20. The van der Waals surface area contributed by atoms with E-state index in [0.29, 0.717) is 45.1 Å². The molecule has 136 valence electrons. The Morgan fingerprint density at radius 3 is 2.88 bits per heavy atom. The van der Waals surface area contributed by atoms with Gasteiger partial charge in [0.25, 0.3) is 5.91 Å². The van der Waals surface area contributed by atoms with E-state index in [0.717, 1.165) is 36.4 Å². The highest BCUT2D eigenvalue weighted by atomic mass is 19.1. The van der Waals surface area contributed by atoms with E-state index in [-0.39, 0.29) is 6.54 Å². The third-order valence-electron chi connectivity index (χ3n) is 5.19. The maximum absolute atomic E-state index is 15.2. The van der Waals surface area contributed by atoms with Crippen molar-refractivity contribution >= 4 is 5.91 Å². The van der Waals surface area contributed by atoms with Gasteiger partial charge >= 0.3 is 0 Å². The van der Waals surface area contributed by atoms with Crippen LogP contribution in [0, 0.1) is 5.92 Å². The Bertz CT molecular complexity index is 650. The van der Waals surface area contributed by atoms with Crippen LogP contribution in [0.4, 0.5) is 4.39 Å². The number of fused-ring (bicyclic) bond motifs is 1. The number of nitrogens with one attached hydrogen (secondary N) is 1. The second-order valence-corrected chi connectivity index (χ2v) is 7.41. The molecule has 1 amide bonds. The van der Waals surface area contributed by atoms with Crippen molar-refractivity contribution in [3.05, 3.63) is 23.8 Å². The molecule has 1 N–H and O–H groups in total. The van der Waals surface area contributed by atoms with Crippen molar-refractivity contribution in [3.63, 3.8) is 0 Å². The zero-order chi connectivity index (χ0) is 17.3. The summed E-state index contributed by atoms with van der Waals surface area (Å²) in [5.41, 5.74) is -0.729. The van der Waals surface area contributed by atoms with Gasteiger partial charge in [0.15, 0.2) is 11.5 Å². The summed E-state index contributed by atoms with van der Waals surface area (Å²) in [4.78, 5) is 14.3. The zero-order valence-corrected chi connectivity index (χ0v) is 14.4. The number of benzene rings is 1. The minimum atomic E-state index is -1.78. The van der Waals surface area contributed by atoms with Gasteiger partial charge in [0, 0.05) is 19.6 Å². The maximum atomic E-state index is 15.2. The number of amides is 1. The smallest absolute Gasteiger partial charge is 0.259 e. The molecule has 1 aromatic carbocycles. The van der Waals surface area contributed by atoms with Crippen LogP contribution in [0.25, 0.3) is 0 Å². The van der Waals surface area contributed by atoms with E-state index in [9.17, 15) is 4.79 Å². The molecule has 5 nitrogen and oxygen atoms in total. The minimum absolute atomic E-state index is 0.151. The van der Waals surface area contributed by atoms with Crippen molar-refractivity contribution < 1.29 is 18.7 Å². The van der Waals surface area contributed by atoms with E-state index >= 15 is 4.39 Å². The van der Waals surface area contributed by atoms with Crippen LogP contribution in [0.2, 0.25) is 0 Å². The fraction of sp³-hybridized carbons (Fsp3) is 0.632. The number of ether oxygens (including phenoxy) is 2. The van der Waals surface area contributed by atoms with Crippen LogP contribution in [0.5, 0.6) is 11.5 Å². The van der Waals surface area contributed by atoms with Crippen LogP contribution >= 0.6 is 0 Å². The van der Waals surface area contributed by atoms with Gasteiger partial charge in [-0.05, 0) is 55.8 Å². The molecular weight excluding hydrogens is 323 g/mol. The first-order valence-electron chi connectivity index (χ1n) is 9.20. The minimum Gasteiger partial charge on any atom is -0.486 e. The summed E-state index contributed by atoms with van der Waals surface area (Å²) in [6, 6.07) is 5.84. The SMILES string of the molecule is O=C(NCC1CC1)C1(F)CCCN(Cc2ccc3c(c2)OCCO3)C1. The van der Waals surface area contributed by atoms with Crippen molar-refractivity contribution in [2.75, 3.05) is 32.8 Å². The Kier molecular flexibility index (Phi) is 4.54. The van der Waals surface area contributed by atoms with E-state index in [1.807, 2.05) is 23.1 Å². The topological polar surface area (TPSA) is 50.8 Å². The number of rotatable bonds is 5. The molecule has 3 aliphatic rings. The van der Waals surface area contributed by atoms with Gasteiger partial charge in [-0.1, -0.05) is 6.07 Å². The monoisotopic (exact) mass is 348 g/mol. The van der Waals surface area contributed by atoms with Crippen molar-refractivity contribution in [3.8, 4) is 11.5 Å². The normalized spacial score (nSPS) is 26.3. The van der Waals surface area contributed by atoms with Crippen LogP contribution < -0.4 is 14.8 Å². The Hall–Kier alpha value is -1.82. The molecule has 0 bridgehead atoms. The van der Waals surface area contributed by atoms with Crippen molar-refractivity contribution in [2.24, 2.45) is 5.92 Å². The first kappa shape index (κ1) is 16.6. The number of carbonyl (C=O) groups is 1. The molecule has 25 heavy (non-hydrogen) atoms. The summed E-state index contributed by atoms with van der Waals surface area (Å²) in [5, 5.41) is 2.80. The van der Waals surface area contributed by atoms with Gasteiger partial charge in [0.2, 0.25) is 5.67 Å². The van der Waals surface area contributed by atoms with Crippen molar-refractivity contribution in [2.45, 2.75) is 37.9 Å². The number of hydrogen-bond acceptors (Lipinski definition) is 4. The molecule has 1 atom stereocenters. The molecule has 0 spiro atoms. The lowest BCUT2D eigenvalue weighted by molar-refractivity contribution is -0.136. The maximum Gasteiger partial charge on any atom is 0.259 e. The molecular formula is C19H25FN2O3. The average Bonchev–Trinajstić information content (AvgIpc) is 3.44. The second-order valence-electron chi connectivity index (χ2n) is 7.41.